The van der Waals surface area contributed by atoms with Crippen molar-refractivity contribution < 1.29 is 0 Å². The number of benzene rings is 1. The minimum Gasteiger partial charge on any atom is -0.316 e. The molecule has 2 nitrogen and oxygen atoms in total. The number of rotatable bonds is 4. The van der Waals surface area contributed by atoms with Crippen LogP contribution in [0.3, 0.4) is 0 Å². The highest BCUT2D eigenvalue weighted by Gasteiger charge is 2.12. The van der Waals surface area contributed by atoms with E-state index in [2.05, 4.69) is 41.0 Å². The summed E-state index contributed by atoms with van der Waals surface area (Å²) >= 11 is 0. The SMILES string of the molecule is c1ccc(CNC[C@@H]2CCNC2)cc1. The molecule has 76 valence electrons. The lowest BCUT2D eigenvalue weighted by Crippen LogP contribution is -2.23. The standard InChI is InChI=1S/C12H18N2/c1-2-4-11(5-3-1)8-14-10-12-6-7-13-9-12/h1-5,12-14H,6-10H2/t12-/m1/s1. The van der Waals surface area contributed by atoms with E-state index in [1.165, 1.54) is 25.1 Å². The van der Waals surface area contributed by atoms with Crippen molar-refractivity contribution in [3.05, 3.63) is 35.9 Å². The van der Waals surface area contributed by atoms with Gasteiger partial charge in [0.05, 0.1) is 0 Å². The van der Waals surface area contributed by atoms with Gasteiger partial charge in [-0.05, 0) is 37.5 Å². The van der Waals surface area contributed by atoms with Crippen molar-refractivity contribution in [3.8, 4) is 0 Å². The minimum absolute atomic E-state index is 0.832. The van der Waals surface area contributed by atoms with Crippen LogP contribution in [0, 0.1) is 5.92 Å². The van der Waals surface area contributed by atoms with E-state index in [9.17, 15) is 0 Å². The van der Waals surface area contributed by atoms with Gasteiger partial charge in [-0.3, -0.25) is 0 Å². The molecule has 2 N–H and O–H groups in total. The van der Waals surface area contributed by atoms with Gasteiger partial charge in [0.25, 0.3) is 0 Å². The van der Waals surface area contributed by atoms with Crippen molar-refractivity contribution >= 4 is 0 Å². The predicted octanol–water partition coefficient (Wildman–Crippen LogP) is 1.39. The number of nitrogens with one attached hydrogen (secondary N) is 2. The van der Waals surface area contributed by atoms with E-state index >= 15 is 0 Å². The molecule has 0 aliphatic carbocycles. The van der Waals surface area contributed by atoms with E-state index in [1.807, 2.05) is 0 Å². The van der Waals surface area contributed by atoms with Crippen molar-refractivity contribution in [2.75, 3.05) is 19.6 Å². The van der Waals surface area contributed by atoms with Gasteiger partial charge in [0.1, 0.15) is 0 Å². The zero-order valence-corrected chi connectivity index (χ0v) is 8.50. The van der Waals surface area contributed by atoms with Crippen molar-refractivity contribution in [2.24, 2.45) is 5.92 Å². The monoisotopic (exact) mass is 190 g/mol. The summed E-state index contributed by atoms with van der Waals surface area (Å²) in [6.45, 7) is 4.51. The Labute approximate surface area is 85.7 Å². The third kappa shape index (κ3) is 2.82. The first kappa shape index (κ1) is 9.69. The van der Waals surface area contributed by atoms with Gasteiger partial charge in [-0.25, -0.2) is 0 Å². The molecule has 1 aliphatic heterocycles. The molecule has 0 aromatic heterocycles. The largest absolute Gasteiger partial charge is 0.316 e. The minimum atomic E-state index is 0.832. The van der Waals surface area contributed by atoms with Crippen LogP contribution in [0.5, 0.6) is 0 Å². The molecule has 1 aliphatic rings. The summed E-state index contributed by atoms with van der Waals surface area (Å²) in [5.74, 6) is 0.832. The normalized spacial score (nSPS) is 21.3. The maximum Gasteiger partial charge on any atom is 0.0205 e. The first-order chi connectivity index (χ1) is 6.95. The van der Waals surface area contributed by atoms with Gasteiger partial charge >= 0.3 is 0 Å². The summed E-state index contributed by atoms with van der Waals surface area (Å²) < 4.78 is 0. The molecule has 0 saturated carbocycles. The summed E-state index contributed by atoms with van der Waals surface area (Å²) in [4.78, 5) is 0. The fourth-order valence-electron chi connectivity index (χ4n) is 1.91. The van der Waals surface area contributed by atoms with Crippen molar-refractivity contribution in [2.45, 2.75) is 13.0 Å². The van der Waals surface area contributed by atoms with E-state index < -0.39 is 0 Å². The first-order valence-electron chi connectivity index (χ1n) is 5.40. The highest BCUT2D eigenvalue weighted by Crippen LogP contribution is 2.06. The molecule has 2 heteroatoms. The van der Waals surface area contributed by atoms with Crippen molar-refractivity contribution in [3.63, 3.8) is 0 Å². The Morgan fingerprint density at radius 3 is 2.86 bits per heavy atom. The Balaban J connectivity index is 1.67. The van der Waals surface area contributed by atoms with Crippen molar-refractivity contribution in [1.29, 1.82) is 0 Å². The van der Waals surface area contributed by atoms with Crippen LogP contribution >= 0.6 is 0 Å². The van der Waals surface area contributed by atoms with Gasteiger partial charge in [0.2, 0.25) is 0 Å². The Hall–Kier alpha value is -0.860. The molecule has 1 atom stereocenters. The number of hydrogen-bond acceptors (Lipinski definition) is 2. The third-order valence-electron chi connectivity index (χ3n) is 2.77. The molecule has 1 saturated heterocycles. The summed E-state index contributed by atoms with van der Waals surface area (Å²) in [5.41, 5.74) is 1.37. The second-order valence-corrected chi connectivity index (χ2v) is 3.98. The van der Waals surface area contributed by atoms with Crippen LogP contribution in [0.25, 0.3) is 0 Å². The van der Waals surface area contributed by atoms with E-state index in [0.717, 1.165) is 19.0 Å². The smallest absolute Gasteiger partial charge is 0.0205 e. The van der Waals surface area contributed by atoms with Crippen LogP contribution < -0.4 is 10.6 Å². The van der Waals surface area contributed by atoms with E-state index in [0.29, 0.717) is 0 Å². The lowest BCUT2D eigenvalue weighted by atomic mass is 10.1. The highest BCUT2D eigenvalue weighted by molar-refractivity contribution is 5.14. The molecule has 1 fully saturated rings. The third-order valence-corrected chi connectivity index (χ3v) is 2.77. The van der Waals surface area contributed by atoms with Crippen molar-refractivity contribution in [1.82, 2.24) is 10.6 Å². The van der Waals surface area contributed by atoms with E-state index in [1.54, 1.807) is 0 Å². The topological polar surface area (TPSA) is 24.1 Å². The molecule has 0 spiro atoms. The second-order valence-electron chi connectivity index (χ2n) is 3.98. The van der Waals surface area contributed by atoms with Crippen LogP contribution in [0.15, 0.2) is 30.3 Å². The molecule has 0 amide bonds. The van der Waals surface area contributed by atoms with Gasteiger partial charge < -0.3 is 10.6 Å². The molecular weight excluding hydrogens is 172 g/mol. The molecule has 14 heavy (non-hydrogen) atoms. The molecule has 0 bridgehead atoms. The average molecular weight is 190 g/mol. The second kappa shape index (κ2) is 5.13. The van der Waals surface area contributed by atoms with Gasteiger partial charge in [-0.1, -0.05) is 30.3 Å². The predicted molar refractivity (Wildman–Crippen MR) is 59.1 cm³/mol. The maximum atomic E-state index is 3.50. The van der Waals surface area contributed by atoms with Crippen LogP contribution in [0.4, 0.5) is 0 Å². The van der Waals surface area contributed by atoms with Crippen LogP contribution in [0.2, 0.25) is 0 Å². The highest BCUT2D eigenvalue weighted by atomic mass is 14.9. The zero-order valence-electron chi connectivity index (χ0n) is 8.50. The van der Waals surface area contributed by atoms with Crippen LogP contribution in [-0.4, -0.2) is 19.6 Å². The van der Waals surface area contributed by atoms with Gasteiger partial charge in [0, 0.05) is 6.54 Å². The quantitative estimate of drug-likeness (QED) is 0.749. The van der Waals surface area contributed by atoms with E-state index in [4.69, 9.17) is 0 Å². The van der Waals surface area contributed by atoms with Gasteiger partial charge in [-0.15, -0.1) is 0 Å². The Bertz CT molecular complexity index is 252. The van der Waals surface area contributed by atoms with E-state index in [-0.39, 0.29) is 0 Å². The summed E-state index contributed by atoms with van der Waals surface area (Å²) in [6.07, 6.45) is 1.32. The summed E-state index contributed by atoms with van der Waals surface area (Å²) in [7, 11) is 0. The summed E-state index contributed by atoms with van der Waals surface area (Å²) in [5, 5.41) is 6.88. The zero-order chi connectivity index (χ0) is 9.64. The summed E-state index contributed by atoms with van der Waals surface area (Å²) in [6, 6.07) is 10.6. The van der Waals surface area contributed by atoms with Crippen LogP contribution in [0.1, 0.15) is 12.0 Å². The fraction of sp³-hybridized carbons (Fsp3) is 0.500. The average Bonchev–Trinajstić information content (AvgIpc) is 2.72. The van der Waals surface area contributed by atoms with Gasteiger partial charge in [0.15, 0.2) is 0 Å². The Morgan fingerprint density at radius 2 is 2.14 bits per heavy atom. The lowest BCUT2D eigenvalue weighted by molar-refractivity contribution is 0.512. The molecule has 0 radical (unpaired) electrons. The lowest BCUT2D eigenvalue weighted by Gasteiger charge is -2.09. The molecule has 1 heterocycles. The van der Waals surface area contributed by atoms with Gasteiger partial charge in [-0.2, -0.15) is 0 Å². The first-order valence-corrected chi connectivity index (χ1v) is 5.40. The molecule has 1 aromatic carbocycles. The maximum absolute atomic E-state index is 3.50. The van der Waals surface area contributed by atoms with Crippen LogP contribution in [-0.2, 0) is 6.54 Å². The number of hydrogen-bond donors (Lipinski definition) is 2. The molecular formula is C12H18N2. The molecule has 0 unspecified atom stereocenters. The molecule has 1 aromatic rings. The fourth-order valence-corrected chi connectivity index (χ4v) is 1.91. The Morgan fingerprint density at radius 1 is 1.29 bits per heavy atom. The Kier molecular flexibility index (Phi) is 3.55. The molecule has 2 rings (SSSR count).